The minimum absolute atomic E-state index is 0.00777. The average Bonchev–Trinajstić information content (AvgIpc) is 2.90. The van der Waals surface area contributed by atoms with E-state index in [0.29, 0.717) is 42.9 Å². The van der Waals surface area contributed by atoms with Gasteiger partial charge in [-0.2, -0.15) is 13.2 Å². The lowest BCUT2D eigenvalue weighted by atomic mass is 10.1. The number of anilines is 1. The van der Waals surface area contributed by atoms with Crippen molar-refractivity contribution in [3.05, 3.63) is 89.2 Å². The van der Waals surface area contributed by atoms with Crippen LogP contribution < -0.4 is 10.2 Å². The van der Waals surface area contributed by atoms with Crippen molar-refractivity contribution in [2.75, 3.05) is 37.6 Å². The fourth-order valence-corrected chi connectivity index (χ4v) is 3.86. The van der Waals surface area contributed by atoms with Crippen LogP contribution in [0.4, 0.5) is 18.9 Å². The van der Waals surface area contributed by atoms with Crippen molar-refractivity contribution in [3.8, 4) is 17.6 Å². The maximum atomic E-state index is 13.2. The lowest BCUT2D eigenvalue weighted by Crippen LogP contribution is -2.49. The van der Waals surface area contributed by atoms with Gasteiger partial charge < -0.3 is 20.2 Å². The molecule has 0 spiro atoms. The van der Waals surface area contributed by atoms with Gasteiger partial charge in [0.05, 0.1) is 11.8 Å². The Bertz CT molecular complexity index is 1340. The molecule has 10 heteroatoms. The molecule has 0 radical (unpaired) electrons. The van der Waals surface area contributed by atoms with Gasteiger partial charge in [0.15, 0.2) is 0 Å². The second-order valence-electron chi connectivity index (χ2n) is 8.35. The van der Waals surface area contributed by atoms with Crippen LogP contribution in [0.2, 0.25) is 0 Å². The predicted molar refractivity (Wildman–Crippen MR) is 131 cm³/mol. The lowest BCUT2D eigenvalue weighted by Gasteiger charge is -2.36. The molecule has 190 valence electrons. The highest BCUT2D eigenvalue weighted by Crippen LogP contribution is 2.20. The van der Waals surface area contributed by atoms with E-state index >= 15 is 0 Å². The van der Waals surface area contributed by atoms with Crippen LogP contribution in [0, 0.1) is 11.8 Å². The van der Waals surface area contributed by atoms with E-state index in [1.807, 2.05) is 10.2 Å². The normalized spacial score (nSPS) is 13.5. The number of aromatic nitrogens is 1. The highest BCUT2D eigenvalue weighted by atomic mass is 19.4. The second-order valence-corrected chi connectivity index (χ2v) is 8.35. The molecule has 0 saturated carbocycles. The third kappa shape index (κ3) is 6.79. The molecule has 0 bridgehead atoms. The maximum Gasteiger partial charge on any atom is 0.405 e. The fourth-order valence-electron chi connectivity index (χ4n) is 3.86. The number of nitrogens with one attached hydrogen (secondary N) is 1. The number of halogens is 3. The summed E-state index contributed by atoms with van der Waals surface area (Å²) in [4.78, 5) is 32.8. The molecule has 1 fully saturated rings. The zero-order valence-electron chi connectivity index (χ0n) is 19.6. The maximum absolute atomic E-state index is 13.2. The van der Waals surface area contributed by atoms with Gasteiger partial charge >= 0.3 is 6.18 Å². The van der Waals surface area contributed by atoms with Crippen LogP contribution in [0.5, 0.6) is 5.75 Å². The molecule has 7 nitrogen and oxygen atoms in total. The summed E-state index contributed by atoms with van der Waals surface area (Å²) in [6.07, 6.45) is -1.63. The van der Waals surface area contributed by atoms with Crippen molar-refractivity contribution < 1.29 is 27.9 Å². The number of benzene rings is 2. The largest absolute Gasteiger partial charge is 0.506 e. The monoisotopic (exact) mass is 508 g/mol. The molecule has 0 unspecified atom stereocenters. The number of rotatable bonds is 4. The first-order chi connectivity index (χ1) is 17.7. The van der Waals surface area contributed by atoms with E-state index < -0.39 is 18.6 Å². The van der Waals surface area contributed by atoms with Crippen molar-refractivity contribution in [2.45, 2.75) is 6.18 Å². The smallest absolute Gasteiger partial charge is 0.405 e. The molecule has 37 heavy (non-hydrogen) atoms. The van der Waals surface area contributed by atoms with E-state index in [2.05, 4.69) is 16.8 Å². The van der Waals surface area contributed by atoms with Crippen molar-refractivity contribution in [1.82, 2.24) is 15.2 Å². The number of amides is 2. The summed E-state index contributed by atoms with van der Waals surface area (Å²) in [6.45, 7) is 0.642. The Morgan fingerprint density at radius 3 is 2.35 bits per heavy atom. The topological polar surface area (TPSA) is 85.8 Å². The SMILES string of the molecule is O=C(NCC(F)(F)F)c1ccc(N2CCN(C(=O)c3ccccc3C#Cc3cncc(O)c3)CC2)cc1. The number of aromatic hydroxyl groups is 1. The average molecular weight is 509 g/mol. The Balaban J connectivity index is 1.38. The molecule has 3 aromatic rings. The van der Waals surface area contributed by atoms with E-state index in [1.165, 1.54) is 30.6 Å². The molecule has 4 rings (SSSR count). The number of alkyl halides is 3. The Hall–Kier alpha value is -4.52. The number of hydrogen-bond donors (Lipinski definition) is 2. The molecule has 0 aliphatic carbocycles. The first-order valence-corrected chi connectivity index (χ1v) is 11.4. The van der Waals surface area contributed by atoms with Crippen LogP contribution in [0.25, 0.3) is 0 Å². The van der Waals surface area contributed by atoms with E-state index in [-0.39, 0.29) is 17.2 Å². The van der Waals surface area contributed by atoms with Gasteiger partial charge in [0.25, 0.3) is 11.8 Å². The van der Waals surface area contributed by atoms with Crippen LogP contribution >= 0.6 is 0 Å². The van der Waals surface area contributed by atoms with Gasteiger partial charge in [-0.15, -0.1) is 0 Å². The number of carbonyl (C=O) groups excluding carboxylic acids is 2. The molecule has 2 aromatic carbocycles. The van der Waals surface area contributed by atoms with Gasteiger partial charge in [0.1, 0.15) is 12.3 Å². The summed E-state index contributed by atoms with van der Waals surface area (Å²) in [7, 11) is 0. The molecule has 1 aromatic heterocycles. The fraction of sp³-hybridized carbons (Fsp3) is 0.222. The van der Waals surface area contributed by atoms with Crippen LogP contribution in [-0.4, -0.2) is 65.7 Å². The van der Waals surface area contributed by atoms with Crippen LogP contribution in [0.3, 0.4) is 0 Å². The van der Waals surface area contributed by atoms with Crippen LogP contribution in [0.1, 0.15) is 31.8 Å². The minimum atomic E-state index is -4.47. The van der Waals surface area contributed by atoms with E-state index in [4.69, 9.17) is 0 Å². The summed E-state index contributed by atoms with van der Waals surface area (Å²) in [5.74, 6) is 4.98. The van der Waals surface area contributed by atoms with Crippen LogP contribution in [-0.2, 0) is 0 Å². The molecule has 2 N–H and O–H groups in total. The number of piperazine rings is 1. The Morgan fingerprint density at radius 2 is 1.68 bits per heavy atom. The summed E-state index contributed by atoms with van der Waals surface area (Å²) < 4.78 is 36.9. The molecule has 0 atom stereocenters. The Morgan fingerprint density at radius 1 is 0.973 bits per heavy atom. The molecule has 1 aliphatic rings. The lowest BCUT2D eigenvalue weighted by molar-refractivity contribution is -0.123. The van der Waals surface area contributed by atoms with Crippen molar-refractivity contribution in [2.24, 2.45) is 0 Å². The minimum Gasteiger partial charge on any atom is -0.506 e. The zero-order valence-corrected chi connectivity index (χ0v) is 19.6. The van der Waals surface area contributed by atoms with Gasteiger partial charge in [-0.25, -0.2) is 0 Å². The first-order valence-electron chi connectivity index (χ1n) is 11.4. The third-order valence-corrected chi connectivity index (χ3v) is 5.73. The summed E-state index contributed by atoms with van der Waals surface area (Å²) in [6, 6.07) is 14.9. The number of hydrogen-bond acceptors (Lipinski definition) is 5. The second kappa shape index (κ2) is 11.0. The summed E-state index contributed by atoms with van der Waals surface area (Å²) in [5.41, 5.74) is 2.52. The molecule has 1 aliphatic heterocycles. The number of carbonyl (C=O) groups is 2. The standard InChI is InChI=1S/C27H23F3N4O3/c28-27(29,30)18-32-25(36)21-7-9-22(10-8-21)33-11-13-34(14-12-33)26(37)24-4-2-1-3-20(24)6-5-19-15-23(35)17-31-16-19/h1-4,7-10,15-17,35H,11-14,18H2,(H,32,36). The quantitative estimate of drug-likeness (QED) is 0.528. The zero-order chi connectivity index (χ0) is 26.4. The third-order valence-electron chi connectivity index (χ3n) is 5.73. The highest BCUT2D eigenvalue weighted by Gasteiger charge is 2.28. The molecule has 2 amide bonds. The van der Waals surface area contributed by atoms with E-state index in [1.54, 1.807) is 41.3 Å². The first kappa shape index (κ1) is 25.6. The summed E-state index contributed by atoms with van der Waals surface area (Å²) in [5, 5.41) is 11.4. The van der Waals surface area contributed by atoms with Crippen molar-refractivity contribution >= 4 is 17.5 Å². The molecular formula is C27H23F3N4O3. The van der Waals surface area contributed by atoms with E-state index in [0.717, 1.165) is 5.69 Å². The number of nitrogens with zero attached hydrogens (tertiary/aromatic N) is 3. The molecule has 2 heterocycles. The van der Waals surface area contributed by atoms with Gasteiger partial charge in [-0.3, -0.25) is 14.6 Å². The Kier molecular flexibility index (Phi) is 7.63. The van der Waals surface area contributed by atoms with Gasteiger partial charge in [0, 0.05) is 54.8 Å². The van der Waals surface area contributed by atoms with Gasteiger partial charge in [0.2, 0.25) is 0 Å². The van der Waals surface area contributed by atoms with Gasteiger partial charge in [-0.1, -0.05) is 24.0 Å². The number of pyridine rings is 1. The molecule has 1 saturated heterocycles. The molecular weight excluding hydrogens is 485 g/mol. The van der Waals surface area contributed by atoms with E-state index in [9.17, 15) is 27.9 Å². The van der Waals surface area contributed by atoms with Gasteiger partial charge in [-0.05, 0) is 42.5 Å². The van der Waals surface area contributed by atoms with Crippen LogP contribution in [0.15, 0.2) is 67.0 Å². The Labute approximate surface area is 211 Å². The highest BCUT2D eigenvalue weighted by molar-refractivity contribution is 5.97. The summed E-state index contributed by atoms with van der Waals surface area (Å²) >= 11 is 0. The predicted octanol–water partition coefficient (Wildman–Crippen LogP) is 3.44. The van der Waals surface area contributed by atoms with Crippen molar-refractivity contribution in [3.63, 3.8) is 0 Å². The van der Waals surface area contributed by atoms with Crippen molar-refractivity contribution in [1.29, 1.82) is 0 Å².